The molecule has 0 radical (unpaired) electrons. The van der Waals surface area contributed by atoms with Crippen molar-refractivity contribution in [2.45, 2.75) is 45.7 Å². The van der Waals surface area contributed by atoms with Crippen molar-refractivity contribution in [2.75, 3.05) is 64.0 Å². The highest BCUT2D eigenvalue weighted by molar-refractivity contribution is 14.0. The molecule has 3 N–H and O–H groups in total. The molecule has 0 amide bonds. The van der Waals surface area contributed by atoms with Gasteiger partial charge in [-0.25, -0.2) is 4.99 Å². The fourth-order valence-electron chi connectivity index (χ4n) is 4.28. The zero-order valence-electron chi connectivity index (χ0n) is 20.0. The van der Waals surface area contributed by atoms with Gasteiger partial charge in [0, 0.05) is 57.1 Å². The Hall–Kier alpha value is -1.10. The van der Waals surface area contributed by atoms with Crippen LogP contribution in [-0.2, 0) is 11.3 Å². The molecular weight excluding hydrogens is 517 g/mol. The number of benzene rings is 1. The number of morpholine rings is 1. The summed E-state index contributed by atoms with van der Waals surface area (Å²) in [6.45, 7) is 14.9. The summed E-state index contributed by atoms with van der Waals surface area (Å²) in [4.78, 5) is 9.70. The lowest BCUT2D eigenvalue weighted by Gasteiger charge is -2.41. The van der Waals surface area contributed by atoms with Gasteiger partial charge in [0.15, 0.2) is 5.96 Å². The van der Waals surface area contributed by atoms with Crippen molar-refractivity contribution in [1.29, 1.82) is 0 Å². The summed E-state index contributed by atoms with van der Waals surface area (Å²) in [7, 11) is 0. The average Bonchev–Trinajstić information content (AvgIpc) is 2.82. The quantitative estimate of drug-likeness (QED) is 0.259. The number of hydrogen-bond donors (Lipinski definition) is 3. The molecule has 0 bridgehead atoms. The maximum Gasteiger partial charge on any atom is 0.191 e. The first-order chi connectivity index (χ1) is 15.0. The van der Waals surface area contributed by atoms with Crippen LogP contribution in [0.3, 0.4) is 0 Å². The third-order valence-electron chi connectivity index (χ3n) is 6.49. The molecule has 0 saturated carbocycles. The van der Waals surface area contributed by atoms with Gasteiger partial charge >= 0.3 is 0 Å². The number of anilines is 1. The van der Waals surface area contributed by atoms with Crippen molar-refractivity contribution < 1.29 is 9.84 Å². The maximum absolute atomic E-state index is 9.33. The van der Waals surface area contributed by atoms with E-state index in [1.54, 1.807) is 0 Å². The van der Waals surface area contributed by atoms with Gasteiger partial charge in [-0.1, -0.05) is 12.1 Å². The van der Waals surface area contributed by atoms with Gasteiger partial charge in [-0.05, 0) is 57.2 Å². The predicted molar refractivity (Wildman–Crippen MR) is 143 cm³/mol. The van der Waals surface area contributed by atoms with Crippen molar-refractivity contribution >= 4 is 35.6 Å². The van der Waals surface area contributed by atoms with E-state index in [9.17, 15) is 5.11 Å². The van der Waals surface area contributed by atoms with Gasteiger partial charge in [0.1, 0.15) is 0 Å². The zero-order valence-corrected chi connectivity index (χ0v) is 22.3. The van der Waals surface area contributed by atoms with Gasteiger partial charge < -0.3 is 25.4 Å². The highest BCUT2D eigenvalue weighted by atomic mass is 127. The van der Waals surface area contributed by atoms with Crippen molar-refractivity contribution in [3.05, 3.63) is 29.8 Å². The normalized spacial score (nSPS) is 18.9. The number of ether oxygens (including phenoxy) is 1. The van der Waals surface area contributed by atoms with E-state index >= 15 is 0 Å². The van der Waals surface area contributed by atoms with Crippen LogP contribution < -0.4 is 15.5 Å². The van der Waals surface area contributed by atoms with Crippen molar-refractivity contribution in [1.82, 2.24) is 15.5 Å². The molecule has 2 aliphatic rings. The van der Waals surface area contributed by atoms with Crippen LogP contribution in [0.2, 0.25) is 0 Å². The second-order valence-corrected chi connectivity index (χ2v) is 9.24. The Morgan fingerprint density at radius 3 is 2.34 bits per heavy atom. The molecule has 8 heteroatoms. The topological polar surface area (TPSA) is 72.4 Å². The van der Waals surface area contributed by atoms with Gasteiger partial charge in [0.25, 0.3) is 0 Å². The zero-order chi connectivity index (χ0) is 22.1. The van der Waals surface area contributed by atoms with Crippen LogP contribution >= 0.6 is 24.0 Å². The molecule has 2 saturated heterocycles. The highest BCUT2D eigenvalue weighted by Crippen LogP contribution is 2.23. The van der Waals surface area contributed by atoms with Gasteiger partial charge in [-0.15, -0.1) is 24.0 Å². The number of rotatable bonds is 8. The minimum absolute atomic E-state index is 0. The van der Waals surface area contributed by atoms with E-state index in [0.29, 0.717) is 19.1 Å². The number of nitrogens with zero attached hydrogens (tertiary/aromatic N) is 3. The monoisotopic (exact) mass is 559 g/mol. The summed E-state index contributed by atoms with van der Waals surface area (Å²) in [6.07, 6.45) is 2.14. The summed E-state index contributed by atoms with van der Waals surface area (Å²) in [5.74, 6) is 1.33. The number of aliphatic hydroxyl groups excluding tert-OH is 1. The number of hydrogen-bond acceptors (Lipinski definition) is 5. The Kier molecular flexibility index (Phi) is 11.5. The van der Waals surface area contributed by atoms with E-state index in [0.717, 1.165) is 71.3 Å². The first kappa shape index (κ1) is 27.1. The molecule has 32 heavy (non-hydrogen) atoms. The Balaban J connectivity index is 0.00000363. The van der Waals surface area contributed by atoms with Crippen LogP contribution in [0.5, 0.6) is 0 Å². The molecule has 1 aromatic carbocycles. The number of guanidine groups is 1. The molecule has 2 heterocycles. The fourth-order valence-corrected chi connectivity index (χ4v) is 4.28. The molecule has 0 aliphatic carbocycles. The van der Waals surface area contributed by atoms with E-state index < -0.39 is 0 Å². The Labute approximate surface area is 211 Å². The number of piperidine rings is 1. The molecule has 182 valence electrons. The van der Waals surface area contributed by atoms with Crippen LogP contribution in [-0.4, -0.2) is 80.6 Å². The summed E-state index contributed by atoms with van der Waals surface area (Å²) in [6, 6.07) is 8.76. The molecule has 0 atom stereocenters. The molecule has 2 fully saturated rings. The van der Waals surface area contributed by atoms with Crippen LogP contribution in [0.15, 0.2) is 29.3 Å². The molecule has 1 aromatic rings. The lowest BCUT2D eigenvalue weighted by Crippen LogP contribution is -2.56. The maximum atomic E-state index is 9.33. The summed E-state index contributed by atoms with van der Waals surface area (Å²) in [5.41, 5.74) is 2.52. The summed E-state index contributed by atoms with van der Waals surface area (Å²) in [5, 5.41) is 16.2. The third kappa shape index (κ3) is 8.04. The third-order valence-corrected chi connectivity index (χ3v) is 6.49. The second kappa shape index (κ2) is 13.6. The van der Waals surface area contributed by atoms with E-state index in [2.05, 4.69) is 65.5 Å². The van der Waals surface area contributed by atoms with Gasteiger partial charge in [0.2, 0.25) is 0 Å². The smallest absolute Gasteiger partial charge is 0.191 e. The fraction of sp³-hybridized carbons (Fsp3) is 0.708. The number of halogens is 1. The van der Waals surface area contributed by atoms with Crippen molar-refractivity contribution in [3.8, 4) is 0 Å². The largest absolute Gasteiger partial charge is 0.396 e. The SMILES string of the molecule is CCNC(=NCc1ccc(N2CCC(CO)CC2)cc1)NCC(C)(C)N1CCOCC1.I. The van der Waals surface area contributed by atoms with Gasteiger partial charge in [-0.3, -0.25) is 4.90 Å². The first-order valence-electron chi connectivity index (χ1n) is 11.8. The Morgan fingerprint density at radius 2 is 1.75 bits per heavy atom. The molecule has 2 aliphatic heterocycles. The minimum atomic E-state index is 0. The van der Waals surface area contributed by atoms with Gasteiger partial charge in [-0.2, -0.15) is 0 Å². The molecule has 0 aromatic heterocycles. The lowest BCUT2D eigenvalue weighted by molar-refractivity contribution is -0.00834. The molecular formula is C24H42IN5O2. The number of nitrogens with one attached hydrogen (secondary N) is 2. The van der Waals surface area contributed by atoms with Crippen molar-refractivity contribution in [3.63, 3.8) is 0 Å². The van der Waals surface area contributed by atoms with E-state index in [4.69, 9.17) is 9.73 Å². The molecule has 3 rings (SSSR count). The first-order valence-corrected chi connectivity index (χ1v) is 11.8. The predicted octanol–water partition coefficient (Wildman–Crippen LogP) is 2.68. The second-order valence-electron chi connectivity index (χ2n) is 9.24. The average molecular weight is 560 g/mol. The van der Waals surface area contributed by atoms with E-state index in [-0.39, 0.29) is 29.5 Å². The summed E-state index contributed by atoms with van der Waals surface area (Å²) < 4.78 is 5.49. The van der Waals surface area contributed by atoms with Crippen molar-refractivity contribution in [2.24, 2.45) is 10.9 Å². The molecule has 0 spiro atoms. The Morgan fingerprint density at radius 1 is 1.09 bits per heavy atom. The van der Waals surface area contributed by atoms with Crippen LogP contribution in [0.1, 0.15) is 39.2 Å². The van der Waals surface area contributed by atoms with Crippen LogP contribution in [0, 0.1) is 5.92 Å². The molecule has 7 nitrogen and oxygen atoms in total. The minimum Gasteiger partial charge on any atom is -0.396 e. The van der Waals surface area contributed by atoms with E-state index in [1.165, 1.54) is 11.3 Å². The summed E-state index contributed by atoms with van der Waals surface area (Å²) >= 11 is 0. The number of aliphatic hydroxyl groups is 1. The lowest BCUT2D eigenvalue weighted by atomic mass is 9.97. The molecule has 0 unspecified atom stereocenters. The Bertz CT molecular complexity index is 684. The highest BCUT2D eigenvalue weighted by Gasteiger charge is 2.28. The van der Waals surface area contributed by atoms with E-state index in [1.807, 2.05) is 0 Å². The standard InChI is InChI=1S/C24H41N5O2.HI/c1-4-25-23(27-19-24(2,3)29-13-15-31-16-14-29)26-17-20-5-7-22(8-6-20)28-11-9-21(18-30)10-12-28;/h5-8,21,30H,4,9-19H2,1-3H3,(H2,25,26,27);1H. The van der Waals surface area contributed by atoms with Crippen LogP contribution in [0.4, 0.5) is 5.69 Å². The number of aliphatic imine (C=N–C) groups is 1. The van der Waals surface area contributed by atoms with Crippen LogP contribution in [0.25, 0.3) is 0 Å². The van der Waals surface area contributed by atoms with Gasteiger partial charge in [0.05, 0.1) is 19.8 Å².